The van der Waals surface area contributed by atoms with Crippen LogP contribution in [0.1, 0.15) is 31.0 Å². The van der Waals surface area contributed by atoms with Crippen LogP contribution in [0.5, 0.6) is 0 Å². The van der Waals surface area contributed by atoms with E-state index in [0.29, 0.717) is 17.8 Å². The van der Waals surface area contributed by atoms with Gasteiger partial charge in [-0.25, -0.2) is 0 Å². The summed E-state index contributed by atoms with van der Waals surface area (Å²) in [5.74, 6) is 0. The Bertz CT molecular complexity index is 600. The number of aryl methyl sites for hydroxylation is 1. The summed E-state index contributed by atoms with van der Waals surface area (Å²) in [5.41, 5.74) is 6.35. The van der Waals surface area contributed by atoms with Gasteiger partial charge in [0.05, 0.1) is 17.5 Å². The normalized spacial score (nSPS) is 13.5. The molecule has 1 aromatic carbocycles. The number of halogens is 3. The van der Waals surface area contributed by atoms with E-state index in [1.807, 2.05) is 6.92 Å². The second-order valence-electron chi connectivity index (χ2n) is 4.60. The molecule has 3 nitrogen and oxygen atoms in total. The van der Waals surface area contributed by atoms with Crippen LogP contribution in [-0.2, 0) is 12.7 Å². The second kappa shape index (κ2) is 5.28. The summed E-state index contributed by atoms with van der Waals surface area (Å²) < 4.78 is 41.0. The Morgan fingerprint density at radius 1 is 1.30 bits per heavy atom. The van der Waals surface area contributed by atoms with Crippen molar-refractivity contribution in [2.75, 3.05) is 0 Å². The molecular weight excluding hydrogens is 267 g/mol. The minimum Gasteiger partial charge on any atom is -0.324 e. The zero-order valence-corrected chi connectivity index (χ0v) is 11.3. The van der Waals surface area contributed by atoms with Gasteiger partial charge in [-0.2, -0.15) is 18.3 Å². The third-order valence-corrected chi connectivity index (χ3v) is 3.15. The molecule has 0 saturated heterocycles. The molecule has 0 fully saturated rings. The summed E-state index contributed by atoms with van der Waals surface area (Å²) in [4.78, 5) is 0. The molecule has 1 unspecified atom stereocenters. The molecule has 0 bridgehead atoms. The van der Waals surface area contributed by atoms with Crippen molar-refractivity contribution in [3.05, 3.63) is 41.6 Å². The number of rotatable bonds is 3. The first kappa shape index (κ1) is 14.6. The summed E-state index contributed by atoms with van der Waals surface area (Å²) >= 11 is 0. The molecule has 20 heavy (non-hydrogen) atoms. The standard InChI is InChI=1S/C14H16F3N3/c1-3-20-13(11(8-19-20)9(2)18)10-6-4-5-7-12(10)14(15,16)17/h4-9H,3,18H2,1-2H3. The Hall–Kier alpha value is -1.82. The molecule has 1 aromatic heterocycles. The number of benzene rings is 1. The third kappa shape index (κ3) is 2.56. The van der Waals surface area contributed by atoms with Crippen LogP contribution in [0.25, 0.3) is 11.3 Å². The Morgan fingerprint density at radius 3 is 2.50 bits per heavy atom. The lowest BCUT2D eigenvalue weighted by Crippen LogP contribution is -2.12. The Morgan fingerprint density at radius 2 is 1.95 bits per heavy atom. The molecule has 0 aliphatic rings. The predicted octanol–water partition coefficient (Wildman–Crippen LogP) is 3.61. The molecule has 2 N–H and O–H groups in total. The van der Waals surface area contributed by atoms with E-state index in [9.17, 15) is 13.2 Å². The maximum Gasteiger partial charge on any atom is 0.417 e. The maximum absolute atomic E-state index is 13.1. The molecule has 2 rings (SSSR count). The van der Waals surface area contributed by atoms with E-state index >= 15 is 0 Å². The van der Waals surface area contributed by atoms with Crippen LogP contribution in [0.3, 0.4) is 0 Å². The molecule has 2 aromatic rings. The number of nitrogens with two attached hydrogens (primary N) is 1. The fourth-order valence-electron chi connectivity index (χ4n) is 2.20. The number of alkyl halides is 3. The molecule has 0 spiro atoms. The average Bonchev–Trinajstić information content (AvgIpc) is 2.81. The number of hydrogen-bond acceptors (Lipinski definition) is 2. The van der Waals surface area contributed by atoms with E-state index in [2.05, 4.69) is 5.10 Å². The van der Waals surface area contributed by atoms with Crippen LogP contribution in [0.15, 0.2) is 30.5 Å². The van der Waals surface area contributed by atoms with E-state index in [4.69, 9.17) is 5.73 Å². The average molecular weight is 283 g/mol. The van der Waals surface area contributed by atoms with Crippen LogP contribution in [0, 0.1) is 0 Å². The van der Waals surface area contributed by atoms with Gasteiger partial charge < -0.3 is 5.73 Å². The van der Waals surface area contributed by atoms with Crippen molar-refractivity contribution >= 4 is 0 Å². The summed E-state index contributed by atoms with van der Waals surface area (Å²) in [5, 5.41) is 4.12. The predicted molar refractivity (Wildman–Crippen MR) is 70.9 cm³/mol. The van der Waals surface area contributed by atoms with E-state index < -0.39 is 11.7 Å². The lowest BCUT2D eigenvalue weighted by molar-refractivity contribution is -0.137. The fourth-order valence-corrected chi connectivity index (χ4v) is 2.20. The minimum absolute atomic E-state index is 0.117. The van der Waals surface area contributed by atoms with Crippen molar-refractivity contribution in [2.45, 2.75) is 32.6 Å². The minimum atomic E-state index is -4.41. The van der Waals surface area contributed by atoms with Gasteiger partial charge in [0, 0.05) is 23.7 Å². The molecule has 0 aliphatic heterocycles. The first-order valence-corrected chi connectivity index (χ1v) is 6.34. The third-order valence-electron chi connectivity index (χ3n) is 3.15. The topological polar surface area (TPSA) is 43.8 Å². The lowest BCUT2D eigenvalue weighted by Gasteiger charge is -2.16. The zero-order chi connectivity index (χ0) is 14.9. The van der Waals surface area contributed by atoms with Gasteiger partial charge in [0.2, 0.25) is 0 Å². The van der Waals surface area contributed by atoms with Gasteiger partial charge in [-0.05, 0) is 19.9 Å². The fraction of sp³-hybridized carbons (Fsp3) is 0.357. The quantitative estimate of drug-likeness (QED) is 0.935. The SMILES string of the molecule is CCn1ncc(C(C)N)c1-c1ccccc1C(F)(F)F. The Kier molecular flexibility index (Phi) is 3.85. The second-order valence-corrected chi connectivity index (χ2v) is 4.60. The number of aromatic nitrogens is 2. The van der Waals surface area contributed by atoms with E-state index in [-0.39, 0.29) is 11.6 Å². The van der Waals surface area contributed by atoms with Crippen molar-refractivity contribution in [1.29, 1.82) is 0 Å². The van der Waals surface area contributed by atoms with Gasteiger partial charge in [0.25, 0.3) is 0 Å². The molecule has 1 atom stereocenters. The smallest absolute Gasteiger partial charge is 0.324 e. The Balaban J connectivity index is 2.72. The number of hydrogen-bond donors (Lipinski definition) is 1. The Labute approximate surface area is 115 Å². The van der Waals surface area contributed by atoms with Crippen LogP contribution >= 0.6 is 0 Å². The molecular formula is C14H16F3N3. The van der Waals surface area contributed by atoms with E-state index in [1.54, 1.807) is 17.7 Å². The highest BCUT2D eigenvalue weighted by Gasteiger charge is 2.34. The molecule has 0 aliphatic carbocycles. The molecule has 0 saturated carbocycles. The first-order chi connectivity index (χ1) is 9.36. The molecule has 6 heteroatoms. The van der Waals surface area contributed by atoms with Gasteiger partial charge in [-0.1, -0.05) is 18.2 Å². The summed E-state index contributed by atoms with van der Waals surface area (Å²) in [6, 6.07) is 5.12. The summed E-state index contributed by atoms with van der Waals surface area (Å²) in [6.07, 6.45) is -2.87. The van der Waals surface area contributed by atoms with Gasteiger partial charge in [0.15, 0.2) is 0 Å². The summed E-state index contributed by atoms with van der Waals surface area (Å²) in [6.45, 7) is 4.04. The van der Waals surface area contributed by atoms with Crippen LogP contribution < -0.4 is 5.73 Å². The highest BCUT2D eigenvalue weighted by atomic mass is 19.4. The first-order valence-electron chi connectivity index (χ1n) is 6.34. The van der Waals surface area contributed by atoms with Crippen LogP contribution in [0.2, 0.25) is 0 Å². The van der Waals surface area contributed by atoms with E-state index in [0.717, 1.165) is 6.07 Å². The molecule has 0 amide bonds. The molecule has 1 heterocycles. The zero-order valence-electron chi connectivity index (χ0n) is 11.3. The molecule has 108 valence electrons. The monoisotopic (exact) mass is 283 g/mol. The van der Waals surface area contributed by atoms with Crippen molar-refractivity contribution in [3.8, 4) is 11.3 Å². The van der Waals surface area contributed by atoms with Gasteiger partial charge in [-0.3, -0.25) is 4.68 Å². The van der Waals surface area contributed by atoms with Gasteiger partial charge in [-0.15, -0.1) is 0 Å². The largest absolute Gasteiger partial charge is 0.417 e. The van der Waals surface area contributed by atoms with Crippen LogP contribution in [0.4, 0.5) is 13.2 Å². The maximum atomic E-state index is 13.1. The van der Waals surface area contributed by atoms with E-state index in [1.165, 1.54) is 18.3 Å². The van der Waals surface area contributed by atoms with Crippen LogP contribution in [-0.4, -0.2) is 9.78 Å². The highest BCUT2D eigenvalue weighted by molar-refractivity contribution is 5.68. The van der Waals surface area contributed by atoms with Crippen molar-refractivity contribution in [2.24, 2.45) is 5.73 Å². The van der Waals surface area contributed by atoms with Gasteiger partial charge >= 0.3 is 6.18 Å². The van der Waals surface area contributed by atoms with Crippen molar-refractivity contribution in [1.82, 2.24) is 9.78 Å². The molecule has 0 radical (unpaired) electrons. The summed E-state index contributed by atoms with van der Waals surface area (Å²) in [7, 11) is 0. The van der Waals surface area contributed by atoms with Gasteiger partial charge in [0.1, 0.15) is 0 Å². The highest BCUT2D eigenvalue weighted by Crippen LogP contribution is 2.38. The van der Waals surface area contributed by atoms with Crippen molar-refractivity contribution in [3.63, 3.8) is 0 Å². The lowest BCUT2D eigenvalue weighted by atomic mass is 9.98. The number of nitrogens with zero attached hydrogens (tertiary/aromatic N) is 2. The van der Waals surface area contributed by atoms with Crippen molar-refractivity contribution < 1.29 is 13.2 Å².